The second-order valence-corrected chi connectivity index (χ2v) is 3.43. The lowest BCUT2D eigenvalue weighted by Crippen LogP contribution is -2.23. The fraction of sp³-hybridized carbons (Fsp3) is 0.444. The molecule has 0 spiro atoms. The van der Waals surface area contributed by atoms with Crippen LogP contribution in [0, 0.1) is 6.92 Å². The van der Waals surface area contributed by atoms with Gasteiger partial charge in [0.05, 0.1) is 12.7 Å². The van der Waals surface area contributed by atoms with Crippen molar-refractivity contribution in [2.75, 3.05) is 18.5 Å². The third kappa shape index (κ3) is 1.95. The predicted octanol–water partition coefficient (Wildman–Crippen LogP) is -0.802. The highest BCUT2D eigenvalue weighted by atomic mass is 16.3. The summed E-state index contributed by atoms with van der Waals surface area (Å²) in [5.41, 5.74) is 0.602. The van der Waals surface area contributed by atoms with Crippen molar-refractivity contribution in [1.82, 2.24) is 19.6 Å². The van der Waals surface area contributed by atoms with Crippen molar-refractivity contribution in [3.63, 3.8) is 0 Å². The van der Waals surface area contributed by atoms with Crippen molar-refractivity contribution in [1.29, 1.82) is 0 Å². The molecule has 0 aliphatic heterocycles. The second kappa shape index (κ2) is 4.42. The van der Waals surface area contributed by atoms with Crippen molar-refractivity contribution < 1.29 is 10.2 Å². The number of nitrogens with one attached hydrogen (secondary N) is 1. The van der Waals surface area contributed by atoms with E-state index in [2.05, 4.69) is 20.5 Å². The Hall–Kier alpha value is -1.73. The second-order valence-electron chi connectivity index (χ2n) is 3.43. The number of aliphatic hydroxyl groups excluding tert-OH is 2. The molecule has 2 rings (SSSR count). The van der Waals surface area contributed by atoms with E-state index in [0.29, 0.717) is 11.5 Å². The Morgan fingerprint density at radius 1 is 1.50 bits per heavy atom. The molecule has 86 valence electrons. The van der Waals surface area contributed by atoms with Gasteiger partial charge in [0.1, 0.15) is 5.82 Å². The Labute approximate surface area is 91.8 Å². The van der Waals surface area contributed by atoms with E-state index in [-0.39, 0.29) is 13.2 Å². The van der Waals surface area contributed by atoms with Gasteiger partial charge in [0, 0.05) is 18.9 Å². The number of nitrogens with zero attached hydrogens (tertiary/aromatic N) is 4. The van der Waals surface area contributed by atoms with E-state index in [1.54, 1.807) is 16.8 Å². The van der Waals surface area contributed by atoms with Crippen LogP contribution in [0.25, 0.3) is 5.65 Å². The first-order chi connectivity index (χ1) is 7.72. The van der Waals surface area contributed by atoms with Crippen LogP contribution >= 0.6 is 0 Å². The molecule has 1 unspecified atom stereocenters. The minimum Gasteiger partial charge on any atom is -0.394 e. The zero-order valence-corrected chi connectivity index (χ0v) is 8.83. The average molecular weight is 223 g/mol. The molecule has 0 aliphatic rings. The van der Waals surface area contributed by atoms with Gasteiger partial charge < -0.3 is 15.5 Å². The molecule has 0 radical (unpaired) electrons. The lowest BCUT2D eigenvalue weighted by Gasteiger charge is -2.09. The predicted molar refractivity (Wildman–Crippen MR) is 57.1 cm³/mol. The van der Waals surface area contributed by atoms with Crippen LogP contribution in [-0.4, -0.2) is 49.1 Å². The maximum Gasteiger partial charge on any atom is 0.203 e. The summed E-state index contributed by atoms with van der Waals surface area (Å²) in [4.78, 5) is 4.10. The average Bonchev–Trinajstić information content (AvgIpc) is 2.69. The van der Waals surface area contributed by atoms with Crippen molar-refractivity contribution in [3.05, 3.63) is 18.2 Å². The molecule has 7 nitrogen and oxygen atoms in total. The van der Waals surface area contributed by atoms with Gasteiger partial charge in [-0.15, -0.1) is 10.2 Å². The number of aliphatic hydroxyl groups is 2. The molecule has 0 aliphatic carbocycles. The molecule has 7 heteroatoms. The van der Waals surface area contributed by atoms with Gasteiger partial charge in [-0.25, -0.2) is 4.98 Å². The fourth-order valence-corrected chi connectivity index (χ4v) is 1.35. The summed E-state index contributed by atoms with van der Waals surface area (Å²) in [5, 5.41) is 28.7. The SMILES string of the molecule is Cc1nnc2c(NCC(O)CO)nccn12. The summed E-state index contributed by atoms with van der Waals surface area (Å²) >= 11 is 0. The molecule has 2 aromatic heterocycles. The van der Waals surface area contributed by atoms with Crippen LogP contribution in [0.3, 0.4) is 0 Å². The Morgan fingerprint density at radius 3 is 3.06 bits per heavy atom. The van der Waals surface area contributed by atoms with Gasteiger partial charge in [-0.05, 0) is 6.92 Å². The number of fused-ring (bicyclic) bond motifs is 1. The molecule has 16 heavy (non-hydrogen) atoms. The van der Waals surface area contributed by atoms with E-state index < -0.39 is 6.10 Å². The Bertz CT molecular complexity index is 484. The summed E-state index contributed by atoms with van der Waals surface area (Å²) < 4.78 is 1.79. The maximum atomic E-state index is 9.21. The fourth-order valence-electron chi connectivity index (χ4n) is 1.35. The Kier molecular flexibility index (Phi) is 2.97. The first kappa shape index (κ1) is 10.8. The first-order valence-corrected chi connectivity index (χ1v) is 4.91. The third-order valence-corrected chi connectivity index (χ3v) is 2.21. The highest BCUT2D eigenvalue weighted by Crippen LogP contribution is 2.11. The molecule has 0 aromatic carbocycles. The summed E-state index contributed by atoms with van der Waals surface area (Å²) in [5.74, 6) is 1.30. The van der Waals surface area contributed by atoms with Crippen LogP contribution in [0.2, 0.25) is 0 Å². The van der Waals surface area contributed by atoms with Gasteiger partial charge in [-0.1, -0.05) is 0 Å². The number of aryl methyl sites for hydroxylation is 1. The van der Waals surface area contributed by atoms with Crippen molar-refractivity contribution in [2.24, 2.45) is 0 Å². The van der Waals surface area contributed by atoms with E-state index in [1.807, 2.05) is 6.92 Å². The van der Waals surface area contributed by atoms with Crippen LogP contribution in [0.15, 0.2) is 12.4 Å². The lowest BCUT2D eigenvalue weighted by molar-refractivity contribution is 0.105. The minimum absolute atomic E-state index is 0.217. The van der Waals surface area contributed by atoms with Gasteiger partial charge in [-0.2, -0.15) is 0 Å². The van der Waals surface area contributed by atoms with Crippen molar-refractivity contribution in [3.8, 4) is 0 Å². The summed E-state index contributed by atoms with van der Waals surface area (Å²) in [6.45, 7) is 1.77. The van der Waals surface area contributed by atoms with E-state index in [4.69, 9.17) is 5.11 Å². The molecule has 2 aromatic rings. The first-order valence-electron chi connectivity index (χ1n) is 4.91. The topological polar surface area (TPSA) is 95.6 Å². The summed E-state index contributed by atoms with van der Waals surface area (Å²) in [6, 6.07) is 0. The standard InChI is InChI=1S/C9H13N5O2/c1-6-12-13-9-8(10-2-3-14(6)9)11-4-7(16)5-15/h2-3,7,15-16H,4-5H2,1H3,(H,10,11). The van der Waals surface area contributed by atoms with Crippen LogP contribution < -0.4 is 5.32 Å². The normalized spacial score (nSPS) is 12.9. The summed E-state index contributed by atoms with van der Waals surface area (Å²) in [7, 11) is 0. The zero-order valence-electron chi connectivity index (χ0n) is 8.83. The summed E-state index contributed by atoms with van der Waals surface area (Å²) in [6.07, 6.45) is 2.57. The van der Waals surface area contributed by atoms with Gasteiger partial charge in [0.2, 0.25) is 5.65 Å². The Morgan fingerprint density at radius 2 is 2.31 bits per heavy atom. The molecule has 0 amide bonds. The lowest BCUT2D eigenvalue weighted by atomic mass is 10.4. The van der Waals surface area contributed by atoms with E-state index in [0.717, 1.165) is 5.82 Å². The molecule has 0 bridgehead atoms. The van der Waals surface area contributed by atoms with Crippen LogP contribution in [0.4, 0.5) is 5.82 Å². The van der Waals surface area contributed by atoms with Crippen LogP contribution in [0.5, 0.6) is 0 Å². The number of aromatic nitrogens is 4. The van der Waals surface area contributed by atoms with Gasteiger partial charge in [-0.3, -0.25) is 4.40 Å². The highest BCUT2D eigenvalue weighted by Gasteiger charge is 2.08. The Balaban J connectivity index is 2.24. The zero-order chi connectivity index (χ0) is 11.5. The molecule has 0 saturated carbocycles. The third-order valence-electron chi connectivity index (χ3n) is 2.21. The number of rotatable bonds is 4. The minimum atomic E-state index is -0.814. The quantitative estimate of drug-likeness (QED) is 0.628. The monoisotopic (exact) mass is 223 g/mol. The molecular formula is C9H13N5O2. The van der Waals surface area contributed by atoms with Gasteiger partial charge in [0.25, 0.3) is 0 Å². The number of hydrogen-bond acceptors (Lipinski definition) is 6. The van der Waals surface area contributed by atoms with Gasteiger partial charge >= 0.3 is 0 Å². The van der Waals surface area contributed by atoms with Crippen LogP contribution in [0.1, 0.15) is 5.82 Å². The molecule has 2 heterocycles. The number of hydrogen-bond donors (Lipinski definition) is 3. The maximum absolute atomic E-state index is 9.21. The van der Waals surface area contributed by atoms with Crippen molar-refractivity contribution in [2.45, 2.75) is 13.0 Å². The van der Waals surface area contributed by atoms with E-state index >= 15 is 0 Å². The van der Waals surface area contributed by atoms with Crippen LogP contribution in [-0.2, 0) is 0 Å². The molecule has 1 atom stereocenters. The van der Waals surface area contributed by atoms with Crippen molar-refractivity contribution >= 4 is 11.5 Å². The van der Waals surface area contributed by atoms with E-state index in [1.165, 1.54) is 0 Å². The molecule has 0 fully saturated rings. The van der Waals surface area contributed by atoms with E-state index in [9.17, 15) is 5.11 Å². The molecular weight excluding hydrogens is 210 g/mol. The largest absolute Gasteiger partial charge is 0.394 e. The van der Waals surface area contributed by atoms with Gasteiger partial charge in [0.15, 0.2) is 5.82 Å². The molecule has 3 N–H and O–H groups in total. The number of anilines is 1. The smallest absolute Gasteiger partial charge is 0.203 e. The highest BCUT2D eigenvalue weighted by molar-refractivity contribution is 5.61. The molecule has 0 saturated heterocycles.